The van der Waals surface area contributed by atoms with Crippen molar-refractivity contribution in [2.45, 2.75) is 30.7 Å². The lowest BCUT2D eigenvalue weighted by Crippen LogP contribution is -2.64. The van der Waals surface area contributed by atoms with Gasteiger partial charge in [-0.3, -0.25) is 9.59 Å². The number of nitrogens with one attached hydrogen (secondary N) is 2. The van der Waals surface area contributed by atoms with E-state index in [1.807, 2.05) is 0 Å². The van der Waals surface area contributed by atoms with E-state index >= 15 is 0 Å². The summed E-state index contributed by atoms with van der Waals surface area (Å²) in [6.45, 7) is -1.46. The van der Waals surface area contributed by atoms with E-state index in [0.29, 0.717) is 4.47 Å². The predicted molar refractivity (Wildman–Crippen MR) is 134 cm³/mol. The van der Waals surface area contributed by atoms with Crippen LogP contribution in [0.25, 0.3) is 5.82 Å². The molecule has 2 fully saturated rings. The minimum Gasteiger partial charge on any atom is -0.455 e. The fourth-order valence-electron chi connectivity index (χ4n) is 3.58. The Kier molecular flexibility index (Phi) is 7.05. The number of ether oxygens (including phenoxy) is 2. The van der Waals surface area contributed by atoms with Gasteiger partial charge in [0.1, 0.15) is 5.69 Å². The van der Waals surface area contributed by atoms with E-state index in [1.54, 1.807) is 0 Å². The first-order valence-electron chi connectivity index (χ1n) is 11.1. The van der Waals surface area contributed by atoms with Crippen molar-refractivity contribution in [3.05, 3.63) is 62.3 Å². The third kappa shape index (κ3) is 5.20. The molecule has 5 rings (SSSR count). The highest BCUT2D eigenvalue weighted by Crippen LogP contribution is 2.40. The smallest absolute Gasteiger partial charge is 0.432 e. The predicted octanol–water partition coefficient (Wildman–Crippen LogP) is 5.19. The Labute approximate surface area is 231 Å². The number of pyridine rings is 1. The highest BCUT2D eigenvalue weighted by Gasteiger charge is 2.63. The monoisotopic (exact) mass is 633 g/mol. The third-order valence-corrected chi connectivity index (χ3v) is 6.94. The second-order valence-corrected chi connectivity index (χ2v) is 10.4. The second kappa shape index (κ2) is 10.0. The molecule has 200 valence electrons. The number of hydrogen-bond acceptors (Lipinski definition) is 6. The van der Waals surface area contributed by atoms with Crippen molar-refractivity contribution in [1.82, 2.24) is 20.1 Å². The minimum absolute atomic E-state index is 0.0260. The van der Waals surface area contributed by atoms with Crippen molar-refractivity contribution in [2.24, 2.45) is 0 Å². The number of rotatable bonds is 7. The molecule has 0 spiro atoms. The summed E-state index contributed by atoms with van der Waals surface area (Å²) < 4.78 is 52.2. The molecule has 2 aliphatic rings. The first-order chi connectivity index (χ1) is 18.0. The van der Waals surface area contributed by atoms with Crippen LogP contribution in [0.15, 0.2) is 41.0 Å². The summed E-state index contributed by atoms with van der Waals surface area (Å²) in [6.07, 6.45) is -1.70. The lowest BCUT2D eigenvalue weighted by molar-refractivity contribution is -0.323. The number of benzene rings is 1. The number of hydrogen-bond donors (Lipinski definition) is 2. The van der Waals surface area contributed by atoms with E-state index in [-0.39, 0.29) is 38.8 Å². The molecule has 2 N–H and O–H groups in total. The van der Waals surface area contributed by atoms with Gasteiger partial charge in [-0.2, -0.15) is 13.2 Å². The molecule has 3 heterocycles. The van der Waals surface area contributed by atoms with Gasteiger partial charge < -0.3 is 20.1 Å². The fraction of sp³-hybridized carbons (Fsp3) is 0.304. The summed E-state index contributed by atoms with van der Waals surface area (Å²) in [6, 6.07) is 6.95. The van der Waals surface area contributed by atoms with Gasteiger partial charge in [0.05, 0.1) is 29.5 Å². The number of carbonyl (C=O) groups excluding carboxylic acids is 2. The summed E-state index contributed by atoms with van der Waals surface area (Å²) >= 11 is 15.7. The van der Waals surface area contributed by atoms with Gasteiger partial charge in [0.15, 0.2) is 5.82 Å². The summed E-state index contributed by atoms with van der Waals surface area (Å²) in [7, 11) is 0. The first-order valence-corrected chi connectivity index (χ1v) is 12.7. The van der Waals surface area contributed by atoms with Gasteiger partial charge in [0.25, 0.3) is 17.4 Å². The summed E-state index contributed by atoms with van der Waals surface area (Å²) in [5.41, 5.74) is -2.68. The molecular weight excluding hydrogens is 618 g/mol. The van der Waals surface area contributed by atoms with Crippen LogP contribution in [0, 0.1) is 0 Å². The molecule has 15 heteroatoms. The van der Waals surface area contributed by atoms with Gasteiger partial charge in [-0.1, -0.05) is 23.2 Å². The van der Waals surface area contributed by atoms with Crippen LogP contribution in [-0.4, -0.2) is 57.6 Å². The average Bonchev–Trinajstić information content (AvgIpc) is 3.53. The van der Waals surface area contributed by atoms with E-state index in [2.05, 4.69) is 36.6 Å². The topological polar surface area (TPSA) is 107 Å². The molecule has 0 atom stereocenters. The van der Waals surface area contributed by atoms with Crippen molar-refractivity contribution in [3.63, 3.8) is 0 Å². The molecule has 0 bridgehead atoms. The Morgan fingerprint density at radius 3 is 2.53 bits per heavy atom. The zero-order chi connectivity index (χ0) is 27.2. The van der Waals surface area contributed by atoms with Crippen LogP contribution >= 0.6 is 39.1 Å². The molecule has 1 aliphatic carbocycles. The molecule has 1 saturated carbocycles. The number of halogens is 6. The maximum Gasteiger partial charge on any atom is 0.432 e. The van der Waals surface area contributed by atoms with Crippen molar-refractivity contribution in [2.75, 3.05) is 18.5 Å². The van der Waals surface area contributed by atoms with E-state index in [0.717, 1.165) is 23.6 Å². The lowest BCUT2D eigenvalue weighted by Gasteiger charge is -2.41. The Balaban J connectivity index is 1.53. The summed E-state index contributed by atoms with van der Waals surface area (Å²) in [5.74, 6) is -1.81. The van der Waals surface area contributed by atoms with Gasteiger partial charge in [0, 0.05) is 27.8 Å². The normalized spacial score (nSPS) is 16.5. The molecule has 0 radical (unpaired) electrons. The van der Waals surface area contributed by atoms with Crippen molar-refractivity contribution >= 4 is 56.6 Å². The SMILES string of the molecule is O=C(NC1CC1)c1cc(Cl)cc(Br)c1NC(=O)c1cc(OC2(C(F)(F)F)COC2)nn1-c1ncccc1Cl. The zero-order valence-corrected chi connectivity index (χ0v) is 22.2. The van der Waals surface area contributed by atoms with Gasteiger partial charge >= 0.3 is 6.18 Å². The Morgan fingerprint density at radius 2 is 1.92 bits per heavy atom. The van der Waals surface area contributed by atoms with E-state index in [4.69, 9.17) is 32.7 Å². The van der Waals surface area contributed by atoms with Crippen LogP contribution in [0.2, 0.25) is 10.0 Å². The molecule has 9 nitrogen and oxygen atoms in total. The number of nitrogens with zero attached hydrogens (tertiary/aromatic N) is 3. The van der Waals surface area contributed by atoms with Crippen molar-refractivity contribution in [1.29, 1.82) is 0 Å². The molecule has 1 aromatic carbocycles. The zero-order valence-electron chi connectivity index (χ0n) is 19.1. The fourth-order valence-corrected chi connectivity index (χ4v) is 4.69. The average molecular weight is 635 g/mol. The van der Waals surface area contributed by atoms with E-state index in [1.165, 1.54) is 30.5 Å². The number of aromatic nitrogens is 3. The Morgan fingerprint density at radius 1 is 1.18 bits per heavy atom. The quantitative estimate of drug-likeness (QED) is 0.370. The van der Waals surface area contributed by atoms with Crippen LogP contribution in [0.4, 0.5) is 18.9 Å². The Hall–Kier alpha value is -2.87. The standard InChI is InChI=1S/C23H17BrCl2F3N5O4/c24-14-7-11(25)6-13(20(35)31-12-3-4-12)18(14)32-21(36)16-8-17(38-22(9-37-10-22)23(27,28)29)33-34(16)19-15(26)2-1-5-30-19/h1-2,5-8,12H,3-4,9-10H2,(H,31,35)(H,32,36). The highest BCUT2D eigenvalue weighted by molar-refractivity contribution is 9.10. The van der Waals surface area contributed by atoms with Gasteiger partial charge in [0.2, 0.25) is 5.88 Å². The summed E-state index contributed by atoms with van der Waals surface area (Å²) in [4.78, 5) is 30.4. The molecule has 0 unspecified atom stereocenters. The van der Waals surface area contributed by atoms with Crippen LogP contribution in [0.3, 0.4) is 0 Å². The highest BCUT2D eigenvalue weighted by atomic mass is 79.9. The van der Waals surface area contributed by atoms with Crippen LogP contribution in [0.5, 0.6) is 5.88 Å². The third-order valence-electron chi connectivity index (χ3n) is 5.80. The van der Waals surface area contributed by atoms with Gasteiger partial charge in [-0.05, 0) is 53.0 Å². The number of alkyl halides is 3. The molecule has 38 heavy (non-hydrogen) atoms. The number of amides is 2. The molecule has 2 aromatic heterocycles. The number of anilines is 1. The molecule has 1 saturated heterocycles. The molecule has 2 amide bonds. The first kappa shape index (κ1) is 26.7. The second-order valence-electron chi connectivity index (χ2n) is 8.69. The summed E-state index contributed by atoms with van der Waals surface area (Å²) in [5, 5.41) is 9.82. The number of carbonyl (C=O) groups is 2. The lowest BCUT2D eigenvalue weighted by atomic mass is 10.0. The maximum atomic E-state index is 13.7. The largest absolute Gasteiger partial charge is 0.455 e. The minimum atomic E-state index is -4.75. The molecule has 3 aromatic rings. The molecule has 1 aliphatic heterocycles. The molecular formula is C23H17BrCl2F3N5O4. The van der Waals surface area contributed by atoms with E-state index < -0.39 is 42.7 Å². The van der Waals surface area contributed by atoms with Crippen LogP contribution < -0.4 is 15.4 Å². The Bertz CT molecular complexity index is 1430. The van der Waals surface area contributed by atoms with Gasteiger partial charge in [-0.25, -0.2) is 9.67 Å². The van der Waals surface area contributed by atoms with Crippen LogP contribution in [0.1, 0.15) is 33.7 Å². The maximum absolute atomic E-state index is 13.7. The van der Waals surface area contributed by atoms with Crippen molar-refractivity contribution in [3.8, 4) is 11.7 Å². The van der Waals surface area contributed by atoms with Gasteiger partial charge in [-0.15, -0.1) is 5.10 Å². The van der Waals surface area contributed by atoms with Crippen LogP contribution in [-0.2, 0) is 4.74 Å². The van der Waals surface area contributed by atoms with E-state index in [9.17, 15) is 22.8 Å². The van der Waals surface area contributed by atoms with Crippen molar-refractivity contribution < 1.29 is 32.2 Å².